The van der Waals surface area contributed by atoms with Gasteiger partial charge in [0.25, 0.3) is 15.9 Å². The molecule has 40 heavy (non-hydrogen) atoms. The Hall–Kier alpha value is -3.42. The number of anilines is 1. The maximum atomic E-state index is 13.6. The van der Waals surface area contributed by atoms with E-state index in [9.17, 15) is 27.6 Å². The van der Waals surface area contributed by atoms with E-state index in [1.54, 1.807) is 12.1 Å². The molecule has 0 spiro atoms. The normalized spacial score (nSPS) is 24.2. The smallest absolute Gasteiger partial charge is 0.264 e. The number of sulfonamides is 1. The van der Waals surface area contributed by atoms with Crippen LogP contribution in [0.3, 0.4) is 0 Å². The number of Topliss-reactive ketones (excluding diaryl/α,β-unsaturated/α-hetero) is 2. The number of carbonyl (C=O) groups excluding carboxylic acids is 4. The Balaban J connectivity index is 1.28. The van der Waals surface area contributed by atoms with E-state index < -0.39 is 63.1 Å². The van der Waals surface area contributed by atoms with Crippen LogP contribution in [0.2, 0.25) is 0 Å². The number of hydrogen-bond donors (Lipinski definition) is 1. The van der Waals surface area contributed by atoms with Crippen LogP contribution in [-0.4, -0.2) is 104 Å². The van der Waals surface area contributed by atoms with Gasteiger partial charge in [-0.05, 0) is 37.1 Å². The number of rotatable bonds is 7. The van der Waals surface area contributed by atoms with Crippen molar-refractivity contribution in [3.63, 3.8) is 0 Å². The molecule has 3 fully saturated rings. The number of amides is 2. The van der Waals surface area contributed by atoms with E-state index in [0.717, 1.165) is 23.1 Å². The molecule has 3 unspecified atom stereocenters. The van der Waals surface area contributed by atoms with Gasteiger partial charge in [-0.1, -0.05) is 19.4 Å². The third-order valence-corrected chi connectivity index (χ3v) is 9.58. The summed E-state index contributed by atoms with van der Waals surface area (Å²) in [6, 6.07) is 4.54. The van der Waals surface area contributed by atoms with Gasteiger partial charge in [-0.15, -0.1) is 0 Å². The fraction of sp³-hybridized carbons (Fsp3) is 0.519. The lowest BCUT2D eigenvalue weighted by atomic mass is 10.1. The summed E-state index contributed by atoms with van der Waals surface area (Å²) in [6.45, 7) is 4.47. The molecule has 214 valence electrons. The van der Waals surface area contributed by atoms with E-state index in [1.807, 2.05) is 19.1 Å². The minimum absolute atomic E-state index is 0.0765. The molecular formula is C27H33N5O7S. The lowest BCUT2D eigenvalue weighted by Gasteiger charge is -2.29. The summed E-state index contributed by atoms with van der Waals surface area (Å²) in [7, 11) is -4.30. The highest BCUT2D eigenvalue weighted by Crippen LogP contribution is 2.33. The van der Waals surface area contributed by atoms with Crippen molar-refractivity contribution in [3.05, 3.63) is 42.1 Å². The molecule has 5 rings (SSSR count). The molecule has 12 nitrogen and oxygen atoms in total. The lowest BCUT2D eigenvalue weighted by Crippen LogP contribution is -2.52. The van der Waals surface area contributed by atoms with Gasteiger partial charge in [0.15, 0.2) is 11.6 Å². The topological polar surface area (TPSA) is 146 Å². The van der Waals surface area contributed by atoms with Crippen molar-refractivity contribution in [1.82, 2.24) is 14.5 Å². The van der Waals surface area contributed by atoms with E-state index >= 15 is 0 Å². The van der Waals surface area contributed by atoms with Gasteiger partial charge in [0, 0.05) is 43.5 Å². The quantitative estimate of drug-likeness (QED) is 0.498. The first-order chi connectivity index (χ1) is 19.2. The zero-order valence-electron chi connectivity index (χ0n) is 22.3. The van der Waals surface area contributed by atoms with Gasteiger partial charge in [0.1, 0.15) is 12.1 Å². The summed E-state index contributed by atoms with van der Waals surface area (Å²) in [5.74, 6) is -1.87. The molecule has 2 amide bonds. The molecule has 13 heteroatoms. The fourth-order valence-electron chi connectivity index (χ4n) is 5.73. The van der Waals surface area contributed by atoms with Gasteiger partial charge in [0.05, 0.1) is 25.8 Å². The predicted octanol–water partition coefficient (Wildman–Crippen LogP) is 0.491. The SMILES string of the molecule is CCCC(NC(=O)c1ccc(N2CCOCC2)cc1)C(=O)N1CCC2C1C(=O)CN2S(=O)(=O)C1=NC=CCC1=O. The standard InChI is InChI=1S/C27H33N5O7S/c1-2-4-20(29-25(35)18-6-8-19(9-7-18)30-13-15-39-16-14-30)27(36)31-12-10-21-24(31)23(34)17-32(21)40(37,38)26-22(33)5-3-11-28-26/h3,6-9,11,20-21,24H,2,4-5,10,12-17H2,1H3,(H,29,35). The third kappa shape index (κ3) is 5.32. The highest BCUT2D eigenvalue weighted by atomic mass is 32.2. The second kappa shape index (κ2) is 11.6. The van der Waals surface area contributed by atoms with Gasteiger partial charge >= 0.3 is 0 Å². The first-order valence-corrected chi connectivity index (χ1v) is 15.0. The number of fused-ring (bicyclic) bond motifs is 1. The minimum Gasteiger partial charge on any atom is -0.378 e. The zero-order chi connectivity index (χ0) is 28.4. The van der Waals surface area contributed by atoms with Crippen LogP contribution in [0.15, 0.2) is 41.5 Å². The van der Waals surface area contributed by atoms with Gasteiger partial charge in [-0.2, -0.15) is 4.31 Å². The van der Waals surface area contributed by atoms with Crippen molar-refractivity contribution in [1.29, 1.82) is 0 Å². The number of carbonyl (C=O) groups is 4. The van der Waals surface area contributed by atoms with Crippen LogP contribution in [0, 0.1) is 0 Å². The Bertz CT molecular complexity index is 1350. The average molecular weight is 572 g/mol. The van der Waals surface area contributed by atoms with E-state index in [2.05, 4.69) is 15.2 Å². The van der Waals surface area contributed by atoms with Crippen LogP contribution in [0.5, 0.6) is 0 Å². The number of hydrogen-bond acceptors (Lipinski definition) is 9. The molecule has 0 radical (unpaired) electrons. The highest BCUT2D eigenvalue weighted by molar-refractivity contribution is 8.06. The van der Waals surface area contributed by atoms with Crippen LogP contribution in [0.25, 0.3) is 0 Å². The summed E-state index contributed by atoms with van der Waals surface area (Å²) in [5.41, 5.74) is 1.40. The van der Waals surface area contributed by atoms with E-state index in [-0.39, 0.29) is 19.4 Å². The molecule has 3 atom stereocenters. The van der Waals surface area contributed by atoms with E-state index in [0.29, 0.717) is 31.6 Å². The number of likely N-dealkylation sites (tertiary alicyclic amines) is 1. The second-order valence-corrected chi connectivity index (χ2v) is 12.1. The molecule has 1 aromatic rings. The Kier molecular flexibility index (Phi) is 8.15. The molecule has 3 saturated heterocycles. The number of nitrogens with zero attached hydrogens (tertiary/aromatic N) is 4. The van der Waals surface area contributed by atoms with Crippen LogP contribution in [0.1, 0.15) is 43.0 Å². The van der Waals surface area contributed by atoms with Crippen molar-refractivity contribution in [3.8, 4) is 0 Å². The predicted molar refractivity (Wildman–Crippen MR) is 146 cm³/mol. The molecule has 0 aliphatic carbocycles. The molecule has 0 bridgehead atoms. The van der Waals surface area contributed by atoms with Gasteiger partial charge in [0.2, 0.25) is 11.0 Å². The van der Waals surface area contributed by atoms with Crippen LogP contribution >= 0.6 is 0 Å². The number of ketones is 2. The molecular weight excluding hydrogens is 538 g/mol. The van der Waals surface area contributed by atoms with Gasteiger partial charge in [-0.3, -0.25) is 19.2 Å². The molecule has 4 aliphatic heterocycles. The first-order valence-electron chi connectivity index (χ1n) is 13.6. The number of benzene rings is 1. The number of nitrogens with one attached hydrogen (secondary N) is 1. The Morgan fingerprint density at radius 2 is 1.85 bits per heavy atom. The molecule has 4 aliphatic rings. The highest BCUT2D eigenvalue weighted by Gasteiger charge is 2.55. The lowest BCUT2D eigenvalue weighted by molar-refractivity contribution is -0.138. The van der Waals surface area contributed by atoms with E-state index in [1.165, 1.54) is 17.2 Å². The summed E-state index contributed by atoms with van der Waals surface area (Å²) < 4.78 is 32.9. The van der Waals surface area contributed by atoms with Crippen LogP contribution in [-0.2, 0) is 29.1 Å². The third-order valence-electron chi connectivity index (χ3n) is 7.74. The van der Waals surface area contributed by atoms with E-state index in [4.69, 9.17) is 4.74 Å². The number of allylic oxidation sites excluding steroid dienone is 1. The first kappa shape index (κ1) is 28.1. The van der Waals surface area contributed by atoms with Gasteiger partial charge < -0.3 is 19.9 Å². The molecule has 1 N–H and O–H groups in total. The fourth-order valence-corrected chi connectivity index (χ4v) is 7.40. The van der Waals surface area contributed by atoms with Crippen molar-refractivity contribution in [2.75, 3.05) is 44.3 Å². The maximum absolute atomic E-state index is 13.6. The largest absolute Gasteiger partial charge is 0.378 e. The van der Waals surface area contributed by atoms with Gasteiger partial charge in [-0.25, -0.2) is 13.4 Å². The monoisotopic (exact) mass is 571 g/mol. The Labute approximate surface area is 233 Å². The number of aliphatic imine (C=N–C) groups is 1. The summed E-state index contributed by atoms with van der Waals surface area (Å²) >= 11 is 0. The van der Waals surface area contributed by atoms with Crippen LogP contribution < -0.4 is 10.2 Å². The Morgan fingerprint density at radius 1 is 1.12 bits per heavy atom. The molecule has 0 saturated carbocycles. The summed E-state index contributed by atoms with van der Waals surface area (Å²) in [4.78, 5) is 59.4. The molecule has 4 heterocycles. The van der Waals surface area contributed by atoms with Crippen molar-refractivity contribution in [2.45, 2.75) is 50.7 Å². The van der Waals surface area contributed by atoms with Crippen molar-refractivity contribution < 1.29 is 32.3 Å². The van der Waals surface area contributed by atoms with Crippen molar-refractivity contribution >= 4 is 44.1 Å². The molecule has 0 aromatic heterocycles. The second-order valence-electron chi connectivity index (χ2n) is 10.3. The number of ether oxygens (including phenoxy) is 1. The minimum atomic E-state index is -4.30. The molecule has 1 aromatic carbocycles. The van der Waals surface area contributed by atoms with Crippen LogP contribution in [0.4, 0.5) is 5.69 Å². The zero-order valence-corrected chi connectivity index (χ0v) is 23.1. The summed E-state index contributed by atoms with van der Waals surface area (Å²) in [5, 5.41) is 2.25. The maximum Gasteiger partial charge on any atom is 0.264 e. The average Bonchev–Trinajstić information content (AvgIpc) is 3.54. The number of morpholine rings is 1. The summed E-state index contributed by atoms with van der Waals surface area (Å²) in [6.07, 6.45) is 3.87. The van der Waals surface area contributed by atoms with Crippen molar-refractivity contribution in [2.24, 2.45) is 4.99 Å². The Morgan fingerprint density at radius 3 is 2.52 bits per heavy atom.